The first-order valence-electron chi connectivity index (χ1n) is 5.62. The maximum Gasteiger partial charge on any atom is 0.311 e. The Morgan fingerprint density at radius 2 is 2.17 bits per heavy atom. The topological polar surface area (TPSA) is 72.7 Å². The summed E-state index contributed by atoms with van der Waals surface area (Å²) in [6, 6.07) is 3.20. The van der Waals surface area contributed by atoms with Crippen molar-refractivity contribution < 1.29 is 14.5 Å². The minimum absolute atomic E-state index is 0.0120. The zero-order valence-corrected chi connectivity index (χ0v) is 10.3. The van der Waals surface area contributed by atoms with Crippen molar-refractivity contribution in [2.75, 3.05) is 13.7 Å². The van der Waals surface area contributed by atoms with Crippen LogP contribution in [-0.4, -0.2) is 29.4 Å². The van der Waals surface area contributed by atoms with E-state index < -0.39 is 4.92 Å². The third-order valence-corrected chi connectivity index (χ3v) is 3.16. The number of nitro groups is 1. The molecule has 0 saturated carbocycles. The second kappa shape index (κ2) is 4.64. The molecule has 96 valence electrons. The van der Waals surface area contributed by atoms with Crippen molar-refractivity contribution in [3.8, 4) is 5.75 Å². The number of hydrogen-bond acceptors (Lipinski definition) is 4. The molecule has 0 saturated heterocycles. The minimum Gasteiger partial charge on any atom is -0.490 e. The Labute approximate surface area is 104 Å². The number of nitro benzene ring substituents is 1. The van der Waals surface area contributed by atoms with Gasteiger partial charge in [0.25, 0.3) is 0 Å². The fourth-order valence-electron chi connectivity index (χ4n) is 2.15. The van der Waals surface area contributed by atoms with Gasteiger partial charge in [-0.25, -0.2) is 0 Å². The highest BCUT2D eigenvalue weighted by Crippen LogP contribution is 2.32. The van der Waals surface area contributed by atoms with Gasteiger partial charge in [0.15, 0.2) is 5.75 Å². The Balaban J connectivity index is 2.41. The highest BCUT2D eigenvalue weighted by Gasteiger charge is 2.24. The van der Waals surface area contributed by atoms with Gasteiger partial charge in [0.2, 0.25) is 5.91 Å². The van der Waals surface area contributed by atoms with E-state index in [1.807, 2.05) is 0 Å². The summed E-state index contributed by atoms with van der Waals surface area (Å²) in [7, 11) is 1.40. The zero-order chi connectivity index (χ0) is 13.3. The highest BCUT2D eigenvalue weighted by atomic mass is 16.6. The van der Waals surface area contributed by atoms with Crippen molar-refractivity contribution in [1.29, 1.82) is 0 Å². The molecule has 1 aromatic carbocycles. The highest BCUT2D eigenvalue weighted by molar-refractivity contribution is 5.73. The molecule has 6 nitrogen and oxygen atoms in total. The summed E-state index contributed by atoms with van der Waals surface area (Å²) >= 11 is 0. The summed E-state index contributed by atoms with van der Waals surface area (Å²) in [4.78, 5) is 23.5. The maximum absolute atomic E-state index is 11.3. The van der Waals surface area contributed by atoms with E-state index in [4.69, 9.17) is 4.74 Å². The summed E-state index contributed by atoms with van der Waals surface area (Å²) < 4.78 is 5.02. The number of methoxy groups -OCH3 is 1. The van der Waals surface area contributed by atoms with Crippen molar-refractivity contribution >= 4 is 11.6 Å². The molecule has 0 radical (unpaired) electrons. The molecule has 0 fully saturated rings. The normalized spacial score (nSPS) is 14.0. The van der Waals surface area contributed by atoms with Gasteiger partial charge in [-0.05, 0) is 23.6 Å². The monoisotopic (exact) mass is 250 g/mol. The summed E-state index contributed by atoms with van der Waals surface area (Å²) in [5.74, 6) is 0.252. The quantitative estimate of drug-likeness (QED) is 0.589. The molecule has 1 aliphatic heterocycles. The van der Waals surface area contributed by atoms with Gasteiger partial charge in [0, 0.05) is 26.1 Å². The first-order valence-corrected chi connectivity index (χ1v) is 5.62. The Kier molecular flexibility index (Phi) is 3.18. The van der Waals surface area contributed by atoms with Crippen LogP contribution >= 0.6 is 0 Å². The molecule has 1 heterocycles. The molecule has 6 heteroatoms. The predicted octanol–water partition coefficient (Wildman–Crippen LogP) is 1.51. The van der Waals surface area contributed by atoms with Crippen LogP contribution in [-0.2, 0) is 17.8 Å². The number of ether oxygens (including phenoxy) is 1. The van der Waals surface area contributed by atoms with Gasteiger partial charge in [-0.3, -0.25) is 14.9 Å². The first-order chi connectivity index (χ1) is 8.52. The molecule has 2 rings (SSSR count). The van der Waals surface area contributed by atoms with Gasteiger partial charge in [-0.15, -0.1) is 0 Å². The lowest BCUT2D eigenvalue weighted by molar-refractivity contribution is -0.385. The number of rotatable bonds is 2. The molecule has 0 aromatic heterocycles. The van der Waals surface area contributed by atoms with Crippen LogP contribution in [0, 0.1) is 10.1 Å². The van der Waals surface area contributed by atoms with Gasteiger partial charge in [-0.2, -0.15) is 0 Å². The van der Waals surface area contributed by atoms with Crippen LogP contribution in [0.2, 0.25) is 0 Å². The van der Waals surface area contributed by atoms with E-state index in [0.29, 0.717) is 19.5 Å². The average molecular weight is 250 g/mol. The largest absolute Gasteiger partial charge is 0.490 e. The van der Waals surface area contributed by atoms with E-state index in [2.05, 4.69) is 0 Å². The van der Waals surface area contributed by atoms with E-state index in [1.165, 1.54) is 14.0 Å². The van der Waals surface area contributed by atoms with Gasteiger partial charge in [0.1, 0.15) is 0 Å². The fraction of sp³-hybridized carbons (Fsp3) is 0.417. The molecule has 0 unspecified atom stereocenters. The molecule has 1 aromatic rings. The first kappa shape index (κ1) is 12.3. The number of benzene rings is 1. The van der Waals surface area contributed by atoms with Gasteiger partial charge in [0.05, 0.1) is 12.0 Å². The average Bonchev–Trinajstić information content (AvgIpc) is 2.36. The van der Waals surface area contributed by atoms with Crippen molar-refractivity contribution in [3.05, 3.63) is 33.4 Å². The standard InChI is InChI=1S/C12H14N2O4/c1-8(15)13-4-3-9-5-11(14(16)17)12(18-2)6-10(9)7-13/h5-6H,3-4,7H2,1-2H3. The molecule has 1 amide bonds. The second-order valence-corrected chi connectivity index (χ2v) is 4.24. The lowest BCUT2D eigenvalue weighted by Gasteiger charge is -2.28. The van der Waals surface area contributed by atoms with E-state index in [0.717, 1.165) is 11.1 Å². The molecule has 0 bridgehead atoms. The Bertz CT molecular complexity index is 513. The fourth-order valence-corrected chi connectivity index (χ4v) is 2.15. The van der Waals surface area contributed by atoms with Crippen molar-refractivity contribution in [1.82, 2.24) is 4.90 Å². The van der Waals surface area contributed by atoms with Crippen LogP contribution < -0.4 is 4.74 Å². The number of hydrogen-bond donors (Lipinski definition) is 0. The molecular formula is C12H14N2O4. The van der Waals surface area contributed by atoms with E-state index in [9.17, 15) is 14.9 Å². The number of amides is 1. The summed E-state index contributed by atoms with van der Waals surface area (Å²) in [5.41, 5.74) is 1.81. The smallest absolute Gasteiger partial charge is 0.311 e. The SMILES string of the molecule is COc1cc2c(cc1[N+](=O)[O-])CCN(C(C)=O)C2. The maximum atomic E-state index is 11.3. The minimum atomic E-state index is -0.448. The van der Waals surface area contributed by atoms with E-state index in [1.54, 1.807) is 17.0 Å². The Hall–Kier alpha value is -2.11. The third-order valence-electron chi connectivity index (χ3n) is 3.16. The van der Waals surface area contributed by atoms with Crippen LogP contribution in [0.5, 0.6) is 5.75 Å². The number of nitrogens with zero attached hydrogens (tertiary/aromatic N) is 2. The summed E-state index contributed by atoms with van der Waals surface area (Å²) in [6.07, 6.45) is 0.639. The molecule has 0 aliphatic carbocycles. The Morgan fingerprint density at radius 3 is 2.72 bits per heavy atom. The van der Waals surface area contributed by atoms with Crippen molar-refractivity contribution in [2.45, 2.75) is 19.9 Å². The molecule has 0 spiro atoms. The molecule has 18 heavy (non-hydrogen) atoms. The van der Waals surface area contributed by atoms with Crippen LogP contribution in [0.4, 0.5) is 5.69 Å². The summed E-state index contributed by atoms with van der Waals surface area (Å²) in [5, 5.41) is 10.9. The number of fused-ring (bicyclic) bond motifs is 1. The Morgan fingerprint density at radius 1 is 1.44 bits per heavy atom. The number of carbonyl (C=O) groups excluding carboxylic acids is 1. The van der Waals surface area contributed by atoms with Gasteiger partial charge < -0.3 is 9.64 Å². The van der Waals surface area contributed by atoms with Crippen molar-refractivity contribution in [3.63, 3.8) is 0 Å². The lowest BCUT2D eigenvalue weighted by atomic mass is 9.98. The molecule has 1 aliphatic rings. The van der Waals surface area contributed by atoms with E-state index in [-0.39, 0.29) is 17.3 Å². The molecule has 0 N–H and O–H groups in total. The molecular weight excluding hydrogens is 236 g/mol. The second-order valence-electron chi connectivity index (χ2n) is 4.24. The van der Waals surface area contributed by atoms with Crippen LogP contribution in [0.15, 0.2) is 12.1 Å². The van der Waals surface area contributed by atoms with Crippen molar-refractivity contribution in [2.24, 2.45) is 0 Å². The van der Waals surface area contributed by atoms with Crippen LogP contribution in [0.25, 0.3) is 0 Å². The van der Waals surface area contributed by atoms with Gasteiger partial charge >= 0.3 is 5.69 Å². The predicted molar refractivity (Wildman–Crippen MR) is 64.4 cm³/mol. The summed E-state index contributed by atoms with van der Waals surface area (Å²) in [6.45, 7) is 2.61. The number of carbonyl (C=O) groups is 1. The third kappa shape index (κ3) is 2.13. The van der Waals surface area contributed by atoms with Gasteiger partial charge in [-0.1, -0.05) is 0 Å². The lowest BCUT2D eigenvalue weighted by Crippen LogP contribution is -2.34. The van der Waals surface area contributed by atoms with E-state index >= 15 is 0 Å². The van der Waals surface area contributed by atoms with Crippen LogP contribution in [0.1, 0.15) is 18.1 Å². The zero-order valence-electron chi connectivity index (χ0n) is 10.3. The van der Waals surface area contributed by atoms with Crippen LogP contribution in [0.3, 0.4) is 0 Å². The molecule has 0 atom stereocenters.